The number of carbonyl (C=O) groups is 2. The molecule has 6 heteroatoms. The van der Waals surface area contributed by atoms with E-state index in [2.05, 4.69) is 13.8 Å². The summed E-state index contributed by atoms with van der Waals surface area (Å²) in [4.78, 5) is 24.7. The van der Waals surface area contributed by atoms with Gasteiger partial charge in [0.2, 0.25) is 0 Å². The van der Waals surface area contributed by atoms with Crippen molar-refractivity contribution < 1.29 is 19.1 Å². The number of esters is 2. The van der Waals surface area contributed by atoms with Crippen LogP contribution in [0, 0.1) is 10.8 Å². The first-order chi connectivity index (χ1) is 17.2. The third-order valence-electron chi connectivity index (χ3n) is 5.91. The molecular weight excluding hydrogens is 488 g/mol. The molecule has 0 heterocycles. The molecule has 0 N–H and O–H groups in total. The Morgan fingerprint density at radius 1 is 0.667 bits per heavy atom. The van der Waals surface area contributed by atoms with Gasteiger partial charge in [0.1, 0.15) is 11.5 Å². The van der Waals surface area contributed by atoms with Crippen LogP contribution in [0.5, 0.6) is 11.5 Å². The maximum atomic E-state index is 12.5. The van der Waals surface area contributed by atoms with Gasteiger partial charge < -0.3 is 9.47 Å². The number of carbonyl (C=O) groups excluding carboxylic acids is 2. The van der Waals surface area contributed by atoms with E-state index in [-0.39, 0.29) is 17.4 Å². The van der Waals surface area contributed by atoms with Crippen LogP contribution < -0.4 is 9.47 Å². The normalized spacial score (nSPS) is 11.8. The molecule has 2 aromatic rings. The van der Waals surface area contributed by atoms with E-state index in [0.29, 0.717) is 17.9 Å². The lowest BCUT2D eigenvalue weighted by molar-refractivity contribution is -0.144. The van der Waals surface area contributed by atoms with E-state index < -0.39 is 5.41 Å². The van der Waals surface area contributed by atoms with E-state index in [4.69, 9.17) is 9.47 Å². The molecule has 0 aliphatic heterocycles. The average Bonchev–Trinajstić information content (AvgIpc) is 2.83. The summed E-state index contributed by atoms with van der Waals surface area (Å²) in [7, 11) is 0. The van der Waals surface area contributed by atoms with Crippen molar-refractivity contribution >= 4 is 35.5 Å². The molecule has 0 saturated carbocycles. The first-order valence-electron chi connectivity index (χ1n) is 12.9. The lowest BCUT2D eigenvalue weighted by Gasteiger charge is -2.23. The fraction of sp³-hybridized carbons (Fsp3) is 0.533. The molecule has 4 nitrogen and oxygen atoms in total. The molecule has 198 valence electrons. The zero-order valence-corrected chi connectivity index (χ0v) is 23.9. The number of hydrogen-bond donors (Lipinski definition) is 0. The minimum Gasteiger partial charge on any atom is -0.427 e. The Bertz CT molecular complexity index is 898. The number of benzene rings is 2. The lowest BCUT2D eigenvalue weighted by atomic mass is 9.85. The highest BCUT2D eigenvalue weighted by molar-refractivity contribution is 8.00. The molecule has 0 fully saturated rings. The van der Waals surface area contributed by atoms with Crippen LogP contribution >= 0.6 is 23.5 Å². The molecule has 0 spiro atoms. The van der Waals surface area contributed by atoms with Crippen molar-refractivity contribution in [3.8, 4) is 11.5 Å². The van der Waals surface area contributed by atoms with Crippen molar-refractivity contribution in [3.05, 3.63) is 60.7 Å². The Balaban J connectivity index is 1.46. The predicted molar refractivity (Wildman–Crippen MR) is 154 cm³/mol. The van der Waals surface area contributed by atoms with Gasteiger partial charge in [0.25, 0.3) is 0 Å². The second-order valence-corrected chi connectivity index (χ2v) is 12.9. The molecule has 0 aliphatic rings. The fourth-order valence-electron chi connectivity index (χ4n) is 3.71. The zero-order chi connectivity index (χ0) is 26.3. The summed E-state index contributed by atoms with van der Waals surface area (Å²) in [6.07, 6.45) is 5.59. The van der Waals surface area contributed by atoms with Crippen LogP contribution in [-0.4, -0.2) is 35.0 Å². The van der Waals surface area contributed by atoms with Crippen molar-refractivity contribution in [1.29, 1.82) is 0 Å². The quantitative estimate of drug-likeness (QED) is 0.117. The maximum absolute atomic E-state index is 12.5. The summed E-state index contributed by atoms with van der Waals surface area (Å²) >= 11 is 3.97. The first-order valence-corrected chi connectivity index (χ1v) is 15.2. The fourth-order valence-corrected chi connectivity index (χ4v) is 5.69. The Morgan fingerprint density at radius 2 is 1.14 bits per heavy atom. The second-order valence-electron chi connectivity index (χ2n) is 10.5. The third kappa shape index (κ3) is 12.9. The van der Waals surface area contributed by atoms with E-state index in [1.54, 1.807) is 0 Å². The van der Waals surface area contributed by atoms with Gasteiger partial charge in [-0.3, -0.25) is 9.59 Å². The first kappa shape index (κ1) is 30.3. The van der Waals surface area contributed by atoms with E-state index in [0.717, 1.165) is 42.9 Å². The van der Waals surface area contributed by atoms with Crippen LogP contribution in [0.4, 0.5) is 0 Å². The van der Waals surface area contributed by atoms with Crippen molar-refractivity contribution in [2.75, 3.05) is 23.0 Å². The average molecular weight is 531 g/mol. The van der Waals surface area contributed by atoms with Crippen molar-refractivity contribution in [1.82, 2.24) is 0 Å². The summed E-state index contributed by atoms with van der Waals surface area (Å²) in [5, 5.41) is 0. The highest BCUT2D eigenvalue weighted by Gasteiger charge is 2.29. The molecule has 0 saturated heterocycles. The van der Waals surface area contributed by atoms with Crippen molar-refractivity contribution in [3.63, 3.8) is 0 Å². The summed E-state index contributed by atoms with van der Waals surface area (Å²) in [5.41, 5.74) is -0.526. The van der Waals surface area contributed by atoms with Crippen LogP contribution in [0.2, 0.25) is 0 Å². The summed E-state index contributed by atoms with van der Waals surface area (Å²) in [5.74, 6) is 5.41. The van der Waals surface area contributed by atoms with Gasteiger partial charge in [0, 0.05) is 0 Å². The zero-order valence-electron chi connectivity index (χ0n) is 22.3. The van der Waals surface area contributed by atoms with Gasteiger partial charge in [-0.15, -0.1) is 0 Å². The van der Waals surface area contributed by atoms with Gasteiger partial charge in [0.05, 0.1) is 11.8 Å². The van der Waals surface area contributed by atoms with Gasteiger partial charge in [-0.2, -0.15) is 23.5 Å². The molecule has 0 amide bonds. The lowest BCUT2D eigenvalue weighted by Crippen LogP contribution is -2.29. The molecule has 36 heavy (non-hydrogen) atoms. The third-order valence-corrected chi connectivity index (χ3v) is 8.22. The number of para-hydroxylation sites is 2. The smallest absolute Gasteiger partial charge is 0.316 e. The van der Waals surface area contributed by atoms with Gasteiger partial charge in [-0.05, 0) is 98.6 Å². The Hall–Kier alpha value is -1.92. The highest BCUT2D eigenvalue weighted by atomic mass is 32.2. The summed E-state index contributed by atoms with van der Waals surface area (Å²) in [6.45, 7) is 8.21. The molecule has 0 aromatic heterocycles. The number of rotatable bonds is 17. The Kier molecular flexibility index (Phi) is 13.5. The van der Waals surface area contributed by atoms with Crippen LogP contribution in [0.1, 0.15) is 66.2 Å². The van der Waals surface area contributed by atoms with Gasteiger partial charge in [-0.1, -0.05) is 50.2 Å². The van der Waals surface area contributed by atoms with E-state index in [1.165, 1.54) is 12.2 Å². The van der Waals surface area contributed by atoms with Crippen LogP contribution in [0.3, 0.4) is 0 Å². The molecule has 0 bridgehead atoms. The summed E-state index contributed by atoms with van der Waals surface area (Å²) < 4.78 is 10.9. The number of ether oxygens (including phenoxy) is 2. The molecule has 2 aromatic carbocycles. The van der Waals surface area contributed by atoms with Gasteiger partial charge >= 0.3 is 11.9 Å². The Labute approximate surface area is 226 Å². The van der Waals surface area contributed by atoms with Crippen LogP contribution in [0.15, 0.2) is 60.7 Å². The van der Waals surface area contributed by atoms with Crippen molar-refractivity contribution in [2.24, 2.45) is 10.8 Å². The molecule has 0 atom stereocenters. The monoisotopic (exact) mass is 530 g/mol. The second kappa shape index (κ2) is 16.0. The number of hydrogen-bond acceptors (Lipinski definition) is 6. The molecule has 2 rings (SSSR count). The van der Waals surface area contributed by atoms with E-state index in [1.807, 2.05) is 98.0 Å². The molecular formula is C30H42O4S2. The number of thioether (sulfide) groups is 2. The Morgan fingerprint density at radius 3 is 1.69 bits per heavy atom. The van der Waals surface area contributed by atoms with Crippen LogP contribution in [-0.2, 0) is 9.59 Å². The molecule has 0 radical (unpaired) electrons. The molecule has 0 unspecified atom stereocenters. The SMILES string of the molecule is CC(C)(CCCSCCCSCCCC(C)(C)C(=O)Oc1ccccc1)CC(=O)Oc1ccccc1. The predicted octanol–water partition coefficient (Wildman–Crippen LogP) is 8.06. The topological polar surface area (TPSA) is 52.6 Å². The van der Waals surface area contributed by atoms with Gasteiger partial charge in [0.15, 0.2) is 0 Å². The van der Waals surface area contributed by atoms with Crippen molar-refractivity contribution in [2.45, 2.75) is 66.2 Å². The minimum absolute atomic E-state index is 0.0520. The standard InChI is InChI=1S/C30H42O4S2/c1-29(2,24-27(31)33-25-14-7-5-8-15-25)18-11-20-35-22-13-23-36-21-12-19-30(3,4)28(32)34-26-16-9-6-10-17-26/h5-10,14-17H,11-13,18-24H2,1-4H3. The highest BCUT2D eigenvalue weighted by Crippen LogP contribution is 2.29. The van der Waals surface area contributed by atoms with Crippen LogP contribution in [0.25, 0.3) is 0 Å². The van der Waals surface area contributed by atoms with E-state index >= 15 is 0 Å². The van der Waals surface area contributed by atoms with E-state index in [9.17, 15) is 9.59 Å². The summed E-state index contributed by atoms with van der Waals surface area (Å²) in [6, 6.07) is 18.5. The molecule has 0 aliphatic carbocycles. The maximum Gasteiger partial charge on any atom is 0.316 e. The van der Waals surface area contributed by atoms with Gasteiger partial charge in [-0.25, -0.2) is 0 Å². The largest absolute Gasteiger partial charge is 0.427 e. The minimum atomic E-state index is -0.474.